The molecule has 0 saturated heterocycles. The van der Waals surface area contributed by atoms with E-state index in [9.17, 15) is 4.39 Å². The van der Waals surface area contributed by atoms with Crippen molar-refractivity contribution >= 4 is 5.71 Å². The first-order valence-corrected chi connectivity index (χ1v) is 8.39. The fraction of sp³-hybridized carbons (Fsp3) is 0.421. The van der Waals surface area contributed by atoms with E-state index in [1.807, 2.05) is 29.7 Å². The van der Waals surface area contributed by atoms with Crippen molar-refractivity contribution in [2.75, 3.05) is 0 Å². The number of aryl methyl sites for hydroxylation is 1. The molecule has 24 heavy (non-hydrogen) atoms. The van der Waals surface area contributed by atoms with Gasteiger partial charge in [-0.1, -0.05) is 18.8 Å². The van der Waals surface area contributed by atoms with Crippen LogP contribution in [0.3, 0.4) is 0 Å². The summed E-state index contributed by atoms with van der Waals surface area (Å²) in [7, 11) is 0. The molecule has 2 heterocycles. The highest BCUT2D eigenvalue weighted by Crippen LogP contribution is 2.34. The first-order chi connectivity index (χ1) is 11.7. The van der Waals surface area contributed by atoms with Gasteiger partial charge in [0.2, 0.25) is 0 Å². The molecule has 1 aliphatic carbocycles. The molecular weight excluding hydrogens is 303 g/mol. The van der Waals surface area contributed by atoms with Gasteiger partial charge in [0.25, 0.3) is 0 Å². The fourth-order valence-electron chi connectivity index (χ4n) is 3.80. The summed E-state index contributed by atoms with van der Waals surface area (Å²) in [5.74, 6) is 4.10. The summed E-state index contributed by atoms with van der Waals surface area (Å²) in [6.07, 6.45) is 8.17. The molecule has 0 N–H and O–H groups in total. The van der Waals surface area contributed by atoms with E-state index in [1.54, 1.807) is 0 Å². The maximum atomic E-state index is 14.6. The van der Waals surface area contributed by atoms with E-state index < -0.39 is 6.17 Å². The topological polar surface area (TPSA) is 43.1 Å². The second-order valence-corrected chi connectivity index (χ2v) is 6.48. The molecule has 2 aliphatic rings. The minimum atomic E-state index is -0.843. The van der Waals surface area contributed by atoms with Crippen molar-refractivity contribution in [2.45, 2.75) is 45.3 Å². The van der Waals surface area contributed by atoms with E-state index >= 15 is 0 Å². The van der Waals surface area contributed by atoms with E-state index in [0.717, 1.165) is 53.4 Å². The second kappa shape index (κ2) is 5.86. The fourth-order valence-corrected chi connectivity index (χ4v) is 3.80. The van der Waals surface area contributed by atoms with E-state index in [4.69, 9.17) is 11.4 Å². The summed E-state index contributed by atoms with van der Waals surface area (Å²) in [6.45, 7) is 2.33. The summed E-state index contributed by atoms with van der Waals surface area (Å²) in [5.41, 5.74) is 3.48. The molecule has 1 aromatic carbocycles. The Labute approximate surface area is 140 Å². The van der Waals surface area contributed by atoms with Crippen LogP contribution >= 0.6 is 0 Å². The number of alkyl halides is 1. The third-order valence-corrected chi connectivity index (χ3v) is 5.00. The predicted octanol–water partition coefficient (Wildman–Crippen LogP) is 3.39. The maximum absolute atomic E-state index is 14.6. The van der Waals surface area contributed by atoms with Crippen LogP contribution in [0.5, 0.6) is 0 Å². The molecule has 1 aliphatic heterocycles. The normalized spacial score (nSPS) is 22.8. The van der Waals surface area contributed by atoms with Crippen LogP contribution < -0.4 is 0 Å². The number of hydrogen-bond acceptors (Lipinski definition) is 3. The van der Waals surface area contributed by atoms with Crippen molar-refractivity contribution in [3.05, 3.63) is 41.0 Å². The van der Waals surface area contributed by atoms with Crippen LogP contribution in [0.1, 0.15) is 48.5 Å². The zero-order valence-corrected chi connectivity index (χ0v) is 13.7. The third kappa shape index (κ3) is 2.34. The smallest absolute Gasteiger partial charge is 0.159 e. The SMILES string of the molecule is C#Cc1ccc2c(c1)C(C1CCCCC1F)=NCc1nnc(C)n1-2. The highest BCUT2D eigenvalue weighted by Gasteiger charge is 2.33. The van der Waals surface area contributed by atoms with Crippen molar-refractivity contribution in [3.8, 4) is 18.0 Å². The van der Waals surface area contributed by atoms with Gasteiger partial charge in [0.15, 0.2) is 5.82 Å². The van der Waals surface area contributed by atoms with Gasteiger partial charge in [-0.15, -0.1) is 16.6 Å². The lowest BCUT2D eigenvalue weighted by Gasteiger charge is -2.28. The summed E-state index contributed by atoms with van der Waals surface area (Å²) in [6, 6.07) is 5.82. The molecule has 122 valence electrons. The molecule has 4 rings (SSSR count). The Morgan fingerprint density at radius 2 is 2.08 bits per heavy atom. The highest BCUT2D eigenvalue weighted by molar-refractivity contribution is 6.06. The van der Waals surface area contributed by atoms with Crippen molar-refractivity contribution in [1.82, 2.24) is 14.8 Å². The Hall–Kier alpha value is -2.48. The van der Waals surface area contributed by atoms with Gasteiger partial charge >= 0.3 is 0 Å². The Kier molecular flexibility index (Phi) is 3.68. The molecule has 5 heteroatoms. The van der Waals surface area contributed by atoms with Crippen LogP contribution in [0, 0.1) is 25.2 Å². The molecule has 4 nitrogen and oxygen atoms in total. The molecule has 0 spiro atoms. The van der Waals surface area contributed by atoms with Crippen LogP contribution in [0.2, 0.25) is 0 Å². The van der Waals surface area contributed by atoms with Crippen LogP contribution in [0.15, 0.2) is 23.2 Å². The standard InChI is InChI=1S/C19H19FN4/c1-3-13-8-9-17-15(10-13)19(14-6-4-5-7-16(14)20)21-11-18-23-22-12(2)24(17)18/h1,8-10,14,16H,4-7,11H2,2H3. The van der Waals surface area contributed by atoms with Crippen LogP contribution in [-0.4, -0.2) is 26.6 Å². The summed E-state index contributed by atoms with van der Waals surface area (Å²) in [5, 5.41) is 8.39. The minimum Gasteiger partial charge on any atom is -0.281 e. The highest BCUT2D eigenvalue weighted by atomic mass is 19.1. The van der Waals surface area contributed by atoms with Crippen LogP contribution in [-0.2, 0) is 6.54 Å². The van der Waals surface area contributed by atoms with E-state index in [2.05, 4.69) is 16.1 Å². The Balaban J connectivity index is 1.91. The molecule has 2 unspecified atom stereocenters. The molecule has 2 aromatic rings. The molecule has 0 radical (unpaired) electrons. The average molecular weight is 322 g/mol. The maximum Gasteiger partial charge on any atom is 0.159 e. The van der Waals surface area contributed by atoms with Crippen LogP contribution in [0.25, 0.3) is 5.69 Å². The number of aliphatic imine (C=N–C) groups is 1. The van der Waals surface area contributed by atoms with Gasteiger partial charge < -0.3 is 0 Å². The number of benzene rings is 1. The van der Waals surface area contributed by atoms with E-state index in [0.29, 0.717) is 13.0 Å². The van der Waals surface area contributed by atoms with Crippen molar-refractivity contribution in [2.24, 2.45) is 10.9 Å². The van der Waals surface area contributed by atoms with Gasteiger partial charge in [0, 0.05) is 17.0 Å². The summed E-state index contributed by atoms with van der Waals surface area (Å²) in [4.78, 5) is 4.75. The van der Waals surface area contributed by atoms with Crippen molar-refractivity contribution in [3.63, 3.8) is 0 Å². The molecular formula is C19H19FN4. The van der Waals surface area contributed by atoms with Crippen molar-refractivity contribution < 1.29 is 4.39 Å². The Morgan fingerprint density at radius 1 is 1.25 bits per heavy atom. The molecule has 1 fully saturated rings. The lowest BCUT2D eigenvalue weighted by Crippen LogP contribution is -2.29. The van der Waals surface area contributed by atoms with Crippen LogP contribution in [0.4, 0.5) is 4.39 Å². The quantitative estimate of drug-likeness (QED) is 0.755. The monoisotopic (exact) mass is 322 g/mol. The zero-order valence-electron chi connectivity index (χ0n) is 13.7. The first-order valence-electron chi connectivity index (χ1n) is 8.39. The summed E-state index contributed by atoms with van der Waals surface area (Å²) >= 11 is 0. The predicted molar refractivity (Wildman–Crippen MR) is 91.1 cm³/mol. The van der Waals surface area contributed by atoms with Gasteiger partial charge in [0.05, 0.1) is 17.9 Å². The number of rotatable bonds is 1. The molecule has 0 bridgehead atoms. The average Bonchev–Trinajstić information content (AvgIpc) is 2.88. The Bertz CT molecular complexity index is 859. The van der Waals surface area contributed by atoms with E-state index in [1.165, 1.54) is 0 Å². The first kappa shape index (κ1) is 15.1. The van der Waals surface area contributed by atoms with Gasteiger partial charge in [-0.2, -0.15) is 0 Å². The molecule has 1 aromatic heterocycles. The molecule has 1 saturated carbocycles. The van der Waals surface area contributed by atoms with Gasteiger partial charge in [-0.05, 0) is 38.0 Å². The van der Waals surface area contributed by atoms with Crippen molar-refractivity contribution in [1.29, 1.82) is 0 Å². The minimum absolute atomic E-state index is 0.164. The molecule has 2 atom stereocenters. The second-order valence-electron chi connectivity index (χ2n) is 6.48. The lowest BCUT2D eigenvalue weighted by molar-refractivity contribution is 0.211. The molecule has 0 amide bonds. The van der Waals surface area contributed by atoms with Gasteiger partial charge in [0.1, 0.15) is 12.0 Å². The lowest BCUT2D eigenvalue weighted by atomic mass is 9.81. The Morgan fingerprint density at radius 3 is 2.88 bits per heavy atom. The number of nitrogens with zero attached hydrogens (tertiary/aromatic N) is 4. The third-order valence-electron chi connectivity index (χ3n) is 5.00. The summed E-state index contributed by atoms with van der Waals surface area (Å²) < 4.78 is 16.6. The van der Waals surface area contributed by atoms with Gasteiger partial charge in [-0.25, -0.2) is 4.39 Å². The zero-order chi connectivity index (χ0) is 16.7. The number of terminal acetylenes is 1. The number of aromatic nitrogens is 3. The number of fused-ring (bicyclic) bond motifs is 3. The van der Waals surface area contributed by atoms with E-state index in [-0.39, 0.29) is 5.92 Å². The van der Waals surface area contributed by atoms with Gasteiger partial charge in [-0.3, -0.25) is 9.56 Å². The number of halogens is 1. The number of hydrogen-bond donors (Lipinski definition) is 0. The largest absolute Gasteiger partial charge is 0.281 e.